The van der Waals surface area contributed by atoms with Crippen LogP contribution in [0, 0.1) is 29.9 Å². The lowest BCUT2D eigenvalue weighted by Crippen LogP contribution is -2.34. The summed E-state index contributed by atoms with van der Waals surface area (Å²) in [5.74, 6) is -2.07. The molecule has 1 atom stereocenters. The van der Waals surface area contributed by atoms with Crippen LogP contribution in [0.3, 0.4) is 0 Å². The molecule has 22 heavy (non-hydrogen) atoms. The third kappa shape index (κ3) is 3.42. The van der Waals surface area contributed by atoms with Crippen LogP contribution in [0.15, 0.2) is 17.0 Å². The van der Waals surface area contributed by atoms with Crippen LogP contribution in [0.25, 0.3) is 0 Å². The topological polar surface area (TPSA) is 118 Å². The van der Waals surface area contributed by atoms with Crippen LogP contribution in [0.5, 0.6) is 0 Å². The van der Waals surface area contributed by atoms with Crippen molar-refractivity contribution >= 4 is 21.7 Å². The molecule has 0 fully saturated rings. The highest BCUT2D eigenvalue weighted by molar-refractivity contribution is 7.89. The van der Waals surface area contributed by atoms with E-state index in [1.807, 2.05) is 0 Å². The lowest BCUT2D eigenvalue weighted by atomic mass is 10.1. The van der Waals surface area contributed by atoms with E-state index in [0.29, 0.717) is 0 Å². The molecule has 0 amide bonds. The number of carboxylic acids is 1. The lowest BCUT2D eigenvalue weighted by Gasteiger charge is -2.20. The Labute approximate surface area is 128 Å². The predicted octanol–water partition coefficient (Wildman–Crippen LogP) is 1.55. The Morgan fingerprint density at radius 2 is 1.86 bits per heavy atom. The Morgan fingerprint density at radius 1 is 1.36 bits per heavy atom. The van der Waals surface area contributed by atoms with Gasteiger partial charge < -0.3 is 5.11 Å². The molecule has 1 rings (SSSR count). The Hall–Kier alpha value is -2.00. The molecule has 0 aliphatic rings. The van der Waals surface area contributed by atoms with Gasteiger partial charge in [-0.3, -0.25) is 14.9 Å². The summed E-state index contributed by atoms with van der Waals surface area (Å²) in [6.45, 7) is 4.01. The Kier molecular flexibility index (Phi) is 5.26. The zero-order valence-electron chi connectivity index (χ0n) is 12.7. The number of carboxylic acid groups (broad SMARTS) is 1. The van der Waals surface area contributed by atoms with Gasteiger partial charge in [0.05, 0.1) is 10.8 Å². The van der Waals surface area contributed by atoms with Crippen molar-refractivity contribution in [3.05, 3.63) is 33.4 Å². The van der Waals surface area contributed by atoms with Crippen molar-refractivity contribution in [3.8, 4) is 0 Å². The number of carbonyl (C=O) groups is 1. The minimum Gasteiger partial charge on any atom is -0.481 e. The van der Waals surface area contributed by atoms with Gasteiger partial charge in [0, 0.05) is 19.2 Å². The van der Waals surface area contributed by atoms with Gasteiger partial charge in [-0.2, -0.15) is 4.31 Å². The fourth-order valence-electron chi connectivity index (χ4n) is 2.04. The van der Waals surface area contributed by atoms with E-state index < -0.39 is 37.4 Å². The monoisotopic (exact) mass is 330 g/mol. The number of hydrogen-bond donors (Lipinski definition) is 1. The second-order valence-corrected chi connectivity index (χ2v) is 7.14. The second kappa shape index (κ2) is 6.41. The van der Waals surface area contributed by atoms with E-state index in [1.165, 1.54) is 40.0 Å². The summed E-state index contributed by atoms with van der Waals surface area (Å²) >= 11 is 0. The SMILES string of the molecule is Cc1ccc(C)c(S(=O)(=O)N(C)CC(C)C(=O)O)c1[N+](=O)[O-]. The lowest BCUT2D eigenvalue weighted by molar-refractivity contribution is -0.388. The van der Waals surface area contributed by atoms with Crippen LogP contribution < -0.4 is 0 Å². The van der Waals surface area contributed by atoms with Gasteiger partial charge in [-0.25, -0.2) is 8.42 Å². The number of sulfonamides is 1. The van der Waals surface area contributed by atoms with Gasteiger partial charge in [-0.1, -0.05) is 19.1 Å². The largest absolute Gasteiger partial charge is 0.481 e. The van der Waals surface area contributed by atoms with Crippen molar-refractivity contribution in [1.29, 1.82) is 0 Å². The zero-order valence-corrected chi connectivity index (χ0v) is 13.5. The molecule has 0 bridgehead atoms. The van der Waals surface area contributed by atoms with Crippen molar-refractivity contribution in [2.24, 2.45) is 5.92 Å². The number of aryl methyl sites for hydroxylation is 2. The molecule has 0 radical (unpaired) electrons. The summed E-state index contributed by atoms with van der Waals surface area (Å²) in [5.41, 5.74) is -0.00388. The van der Waals surface area contributed by atoms with E-state index in [-0.39, 0.29) is 17.7 Å². The number of benzene rings is 1. The molecule has 1 N–H and O–H groups in total. The molecule has 8 nitrogen and oxygen atoms in total. The Bertz CT molecular complexity index is 713. The van der Waals surface area contributed by atoms with Crippen LogP contribution >= 0.6 is 0 Å². The number of hydrogen-bond acceptors (Lipinski definition) is 5. The van der Waals surface area contributed by atoms with Gasteiger partial charge in [0.1, 0.15) is 0 Å². The van der Waals surface area contributed by atoms with Crippen LogP contribution in [0.4, 0.5) is 5.69 Å². The van der Waals surface area contributed by atoms with Crippen molar-refractivity contribution in [1.82, 2.24) is 4.31 Å². The Balaban J connectivity index is 3.43. The molecule has 0 spiro atoms. The first-order valence-corrected chi connectivity index (χ1v) is 7.87. The normalized spacial score (nSPS) is 13.1. The van der Waals surface area contributed by atoms with Crippen LogP contribution in [0.2, 0.25) is 0 Å². The van der Waals surface area contributed by atoms with Crippen LogP contribution in [0.1, 0.15) is 18.1 Å². The van der Waals surface area contributed by atoms with Crippen molar-refractivity contribution in [2.75, 3.05) is 13.6 Å². The number of nitrogens with zero attached hydrogens (tertiary/aromatic N) is 2. The van der Waals surface area contributed by atoms with Crippen molar-refractivity contribution in [2.45, 2.75) is 25.7 Å². The zero-order chi connectivity index (χ0) is 17.2. The number of rotatable bonds is 6. The van der Waals surface area contributed by atoms with Gasteiger partial charge in [0.25, 0.3) is 5.69 Å². The average molecular weight is 330 g/mol. The maximum Gasteiger partial charge on any atom is 0.307 e. The third-order valence-corrected chi connectivity index (χ3v) is 5.33. The molecular weight excluding hydrogens is 312 g/mol. The van der Waals surface area contributed by atoms with Crippen molar-refractivity contribution in [3.63, 3.8) is 0 Å². The van der Waals surface area contributed by atoms with Gasteiger partial charge in [-0.05, 0) is 19.4 Å². The smallest absolute Gasteiger partial charge is 0.307 e. The van der Waals surface area contributed by atoms with Crippen LogP contribution in [-0.2, 0) is 14.8 Å². The average Bonchev–Trinajstić information content (AvgIpc) is 2.39. The molecule has 1 aromatic carbocycles. The van der Waals surface area contributed by atoms with E-state index in [4.69, 9.17) is 5.11 Å². The molecule has 0 aromatic heterocycles. The number of nitro groups is 1. The maximum atomic E-state index is 12.6. The Morgan fingerprint density at radius 3 is 2.32 bits per heavy atom. The van der Waals surface area contributed by atoms with Gasteiger partial charge >= 0.3 is 5.97 Å². The van der Waals surface area contributed by atoms with E-state index in [0.717, 1.165) is 4.31 Å². The standard InChI is InChI=1S/C13H18N2O6S/c1-8-5-6-9(2)12(11(8)15(18)19)22(20,21)14(4)7-10(3)13(16)17/h5-6,10H,7H2,1-4H3,(H,16,17). The molecule has 0 aliphatic carbocycles. The summed E-state index contributed by atoms with van der Waals surface area (Å²) in [5, 5.41) is 20.1. The van der Waals surface area contributed by atoms with Gasteiger partial charge in [0.15, 0.2) is 4.90 Å². The quantitative estimate of drug-likeness (QED) is 0.624. The number of aliphatic carboxylic acids is 1. The summed E-state index contributed by atoms with van der Waals surface area (Å²) < 4.78 is 26.1. The minimum atomic E-state index is -4.17. The summed E-state index contributed by atoms with van der Waals surface area (Å²) in [4.78, 5) is 21.0. The summed E-state index contributed by atoms with van der Waals surface area (Å²) in [6.07, 6.45) is 0. The predicted molar refractivity (Wildman–Crippen MR) is 79.2 cm³/mol. The van der Waals surface area contributed by atoms with E-state index >= 15 is 0 Å². The molecular formula is C13H18N2O6S. The third-order valence-electron chi connectivity index (χ3n) is 3.33. The molecule has 122 valence electrons. The first-order valence-electron chi connectivity index (χ1n) is 6.43. The molecule has 1 aromatic rings. The molecule has 0 saturated carbocycles. The highest BCUT2D eigenvalue weighted by Crippen LogP contribution is 2.32. The number of nitro benzene ring substituents is 1. The first kappa shape index (κ1) is 18.1. The summed E-state index contributed by atoms with van der Waals surface area (Å²) in [6, 6.07) is 2.97. The van der Waals surface area contributed by atoms with E-state index in [1.54, 1.807) is 0 Å². The van der Waals surface area contributed by atoms with Gasteiger partial charge in [0.2, 0.25) is 10.0 Å². The van der Waals surface area contributed by atoms with Gasteiger partial charge in [-0.15, -0.1) is 0 Å². The van der Waals surface area contributed by atoms with E-state index in [9.17, 15) is 23.3 Å². The molecule has 9 heteroatoms. The minimum absolute atomic E-state index is 0.230. The fraction of sp³-hybridized carbons (Fsp3) is 0.462. The molecule has 0 saturated heterocycles. The van der Waals surface area contributed by atoms with E-state index in [2.05, 4.69) is 0 Å². The molecule has 0 aliphatic heterocycles. The molecule has 0 heterocycles. The highest BCUT2D eigenvalue weighted by Gasteiger charge is 2.34. The first-order chi connectivity index (χ1) is 10.00. The second-order valence-electron chi connectivity index (χ2n) is 5.16. The highest BCUT2D eigenvalue weighted by atomic mass is 32.2. The molecule has 1 unspecified atom stereocenters. The fourth-order valence-corrected chi connectivity index (χ4v) is 3.73. The summed E-state index contributed by atoms with van der Waals surface area (Å²) in [7, 11) is -2.96. The van der Waals surface area contributed by atoms with Crippen molar-refractivity contribution < 1.29 is 23.2 Å². The van der Waals surface area contributed by atoms with Crippen LogP contribution in [-0.4, -0.2) is 42.3 Å². The maximum absolute atomic E-state index is 12.6.